The van der Waals surface area contributed by atoms with Crippen LogP contribution in [0, 0.1) is 0 Å². The van der Waals surface area contributed by atoms with Crippen LogP contribution in [0.2, 0.25) is 0 Å². The molecular weight excluding hydrogens is 176 g/mol. The maximum Gasteiger partial charge on any atom is 0.115 e. The third-order valence-corrected chi connectivity index (χ3v) is 2.94. The Morgan fingerprint density at radius 1 is 1.14 bits per heavy atom. The van der Waals surface area contributed by atoms with E-state index in [0.717, 1.165) is 31.5 Å². The van der Waals surface area contributed by atoms with E-state index in [1.165, 1.54) is 0 Å². The van der Waals surface area contributed by atoms with Gasteiger partial charge in [0.25, 0.3) is 0 Å². The number of phenols is 1. The fraction of sp³-hybridized carbons (Fsp3) is 0.455. The highest BCUT2D eigenvalue weighted by atomic mass is 16.3. The molecule has 0 unspecified atom stereocenters. The second kappa shape index (κ2) is 3.59. The molecule has 3 heteroatoms. The first-order valence-electron chi connectivity index (χ1n) is 5.00. The standard InChI is InChI=1S/C11H16N2O/c12-11(5-7-13-8-6-11)9-1-3-10(14)4-2-9/h1-4,13-14H,5-8,12H2. The van der Waals surface area contributed by atoms with Crippen molar-refractivity contribution in [3.05, 3.63) is 29.8 Å². The van der Waals surface area contributed by atoms with Gasteiger partial charge in [0.15, 0.2) is 0 Å². The number of piperidine rings is 1. The minimum absolute atomic E-state index is 0.209. The van der Waals surface area contributed by atoms with Crippen molar-refractivity contribution in [2.75, 3.05) is 13.1 Å². The van der Waals surface area contributed by atoms with Gasteiger partial charge in [-0.15, -0.1) is 0 Å². The summed E-state index contributed by atoms with van der Waals surface area (Å²) in [6.45, 7) is 1.94. The van der Waals surface area contributed by atoms with Crippen molar-refractivity contribution in [1.29, 1.82) is 0 Å². The Labute approximate surface area is 83.9 Å². The van der Waals surface area contributed by atoms with Gasteiger partial charge in [0, 0.05) is 5.54 Å². The monoisotopic (exact) mass is 192 g/mol. The lowest BCUT2D eigenvalue weighted by molar-refractivity contribution is 0.317. The van der Waals surface area contributed by atoms with E-state index in [2.05, 4.69) is 5.32 Å². The highest BCUT2D eigenvalue weighted by molar-refractivity contribution is 5.31. The lowest BCUT2D eigenvalue weighted by Crippen LogP contribution is -2.46. The summed E-state index contributed by atoms with van der Waals surface area (Å²) >= 11 is 0. The van der Waals surface area contributed by atoms with E-state index < -0.39 is 0 Å². The molecular formula is C11H16N2O. The topological polar surface area (TPSA) is 58.3 Å². The molecule has 0 bridgehead atoms. The molecule has 1 aromatic rings. The molecule has 1 saturated heterocycles. The van der Waals surface area contributed by atoms with E-state index in [1.807, 2.05) is 12.1 Å². The first kappa shape index (κ1) is 9.49. The van der Waals surface area contributed by atoms with Crippen molar-refractivity contribution in [2.45, 2.75) is 18.4 Å². The molecule has 2 rings (SSSR count). The fourth-order valence-corrected chi connectivity index (χ4v) is 1.95. The van der Waals surface area contributed by atoms with Gasteiger partial charge >= 0.3 is 0 Å². The Morgan fingerprint density at radius 2 is 1.71 bits per heavy atom. The number of nitrogens with one attached hydrogen (secondary N) is 1. The third kappa shape index (κ3) is 1.74. The molecule has 0 radical (unpaired) electrons. The van der Waals surface area contributed by atoms with Crippen LogP contribution in [-0.2, 0) is 5.54 Å². The third-order valence-electron chi connectivity index (χ3n) is 2.94. The molecule has 0 aromatic heterocycles. The summed E-state index contributed by atoms with van der Waals surface area (Å²) in [5.41, 5.74) is 7.22. The van der Waals surface area contributed by atoms with Gasteiger partial charge in [0.1, 0.15) is 5.75 Å². The summed E-state index contributed by atoms with van der Waals surface area (Å²) < 4.78 is 0. The summed E-state index contributed by atoms with van der Waals surface area (Å²) in [5, 5.41) is 12.5. The maximum absolute atomic E-state index is 9.19. The first-order valence-corrected chi connectivity index (χ1v) is 5.00. The van der Waals surface area contributed by atoms with Crippen LogP contribution in [0.5, 0.6) is 5.75 Å². The molecule has 0 atom stereocenters. The molecule has 0 amide bonds. The van der Waals surface area contributed by atoms with E-state index in [9.17, 15) is 5.11 Å². The number of aromatic hydroxyl groups is 1. The van der Waals surface area contributed by atoms with Crippen molar-refractivity contribution in [3.8, 4) is 5.75 Å². The highest BCUT2D eigenvalue weighted by Gasteiger charge is 2.28. The van der Waals surface area contributed by atoms with Crippen LogP contribution in [0.1, 0.15) is 18.4 Å². The fourth-order valence-electron chi connectivity index (χ4n) is 1.95. The van der Waals surface area contributed by atoms with Crippen molar-refractivity contribution >= 4 is 0 Å². The molecule has 1 heterocycles. The zero-order valence-electron chi connectivity index (χ0n) is 8.16. The molecule has 14 heavy (non-hydrogen) atoms. The first-order chi connectivity index (χ1) is 6.71. The average molecular weight is 192 g/mol. The number of phenolic OH excluding ortho intramolecular Hbond substituents is 1. The zero-order valence-corrected chi connectivity index (χ0v) is 8.16. The molecule has 76 valence electrons. The minimum atomic E-state index is -0.209. The van der Waals surface area contributed by atoms with Gasteiger partial charge in [-0.3, -0.25) is 0 Å². The average Bonchev–Trinajstić information content (AvgIpc) is 2.19. The number of benzene rings is 1. The van der Waals surface area contributed by atoms with E-state index in [-0.39, 0.29) is 5.54 Å². The van der Waals surface area contributed by atoms with Gasteiger partial charge in [0.05, 0.1) is 0 Å². The number of nitrogens with two attached hydrogens (primary N) is 1. The minimum Gasteiger partial charge on any atom is -0.508 e. The Bertz CT molecular complexity index is 302. The summed E-state index contributed by atoms with van der Waals surface area (Å²) in [7, 11) is 0. The van der Waals surface area contributed by atoms with Crippen molar-refractivity contribution in [2.24, 2.45) is 5.73 Å². The summed E-state index contributed by atoms with van der Waals surface area (Å²) in [6, 6.07) is 7.24. The van der Waals surface area contributed by atoms with Gasteiger partial charge in [-0.25, -0.2) is 0 Å². The van der Waals surface area contributed by atoms with Gasteiger partial charge in [-0.2, -0.15) is 0 Å². The Balaban J connectivity index is 2.23. The number of hydrogen-bond acceptors (Lipinski definition) is 3. The van der Waals surface area contributed by atoms with Crippen LogP contribution in [0.4, 0.5) is 0 Å². The van der Waals surface area contributed by atoms with Crippen molar-refractivity contribution < 1.29 is 5.11 Å². The number of hydrogen-bond donors (Lipinski definition) is 3. The second-order valence-corrected chi connectivity index (χ2v) is 3.95. The van der Waals surface area contributed by atoms with Crippen LogP contribution in [-0.4, -0.2) is 18.2 Å². The molecule has 4 N–H and O–H groups in total. The molecule has 0 spiro atoms. The molecule has 1 aliphatic rings. The Morgan fingerprint density at radius 3 is 2.29 bits per heavy atom. The van der Waals surface area contributed by atoms with Gasteiger partial charge in [-0.05, 0) is 43.6 Å². The number of rotatable bonds is 1. The van der Waals surface area contributed by atoms with E-state index in [1.54, 1.807) is 12.1 Å². The predicted octanol–water partition coefficient (Wildman–Crippen LogP) is 0.930. The Kier molecular flexibility index (Phi) is 2.44. The summed E-state index contributed by atoms with van der Waals surface area (Å²) in [6.07, 6.45) is 1.91. The smallest absolute Gasteiger partial charge is 0.115 e. The molecule has 3 nitrogen and oxygen atoms in total. The van der Waals surface area contributed by atoms with E-state index in [0.29, 0.717) is 5.75 Å². The summed E-state index contributed by atoms with van der Waals surface area (Å²) in [5.74, 6) is 0.297. The van der Waals surface area contributed by atoms with Crippen molar-refractivity contribution in [1.82, 2.24) is 5.32 Å². The van der Waals surface area contributed by atoms with Crippen molar-refractivity contribution in [3.63, 3.8) is 0 Å². The zero-order chi connectivity index (χ0) is 10.0. The largest absolute Gasteiger partial charge is 0.508 e. The van der Waals surface area contributed by atoms with E-state index in [4.69, 9.17) is 5.73 Å². The lowest BCUT2D eigenvalue weighted by Gasteiger charge is -2.34. The maximum atomic E-state index is 9.19. The molecule has 1 aliphatic heterocycles. The molecule has 1 aromatic carbocycles. The van der Waals surface area contributed by atoms with Gasteiger partial charge in [-0.1, -0.05) is 12.1 Å². The molecule has 0 saturated carbocycles. The molecule has 1 fully saturated rings. The quantitative estimate of drug-likeness (QED) is 0.620. The van der Waals surface area contributed by atoms with E-state index >= 15 is 0 Å². The predicted molar refractivity (Wildman–Crippen MR) is 56.1 cm³/mol. The van der Waals surface area contributed by atoms with Crippen LogP contribution >= 0.6 is 0 Å². The second-order valence-electron chi connectivity index (χ2n) is 3.95. The van der Waals surface area contributed by atoms with Crippen LogP contribution < -0.4 is 11.1 Å². The molecule has 0 aliphatic carbocycles. The highest BCUT2D eigenvalue weighted by Crippen LogP contribution is 2.28. The SMILES string of the molecule is NC1(c2ccc(O)cc2)CCNCC1. The van der Waals surface area contributed by atoms with Crippen LogP contribution in [0.15, 0.2) is 24.3 Å². The Hall–Kier alpha value is -1.06. The lowest BCUT2D eigenvalue weighted by atomic mass is 9.82. The van der Waals surface area contributed by atoms with Gasteiger partial charge < -0.3 is 16.2 Å². The van der Waals surface area contributed by atoms with Crippen LogP contribution in [0.3, 0.4) is 0 Å². The normalized spacial score (nSPS) is 20.6. The van der Waals surface area contributed by atoms with Gasteiger partial charge in [0.2, 0.25) is 0 Å². The van der Waals surface area contributed by atoms with Crippen LogP contribution in [0.25, 0.3) is 0 Å². The summed E-state index contributed by atoms with van der Waals surface area (Å²) in [4.78, 5) is 0.